The highest BCUT2D eigenvalue weighted by Crippen LogP contribution is 2.36. The normalized spacial score (nSPS) is 28.5. The molecule has 132 valence electrons. The molecule has 2 aromatic heterocycles. The molecular formula is C11H15N4O8P. The molecule has 0 amide bonds. The standard InChI is InChI=1S/C11H15N4O8P/c12-5-1-4-6(9(19)14-5)13-2-15(4)10-7(17)8(18)11(21-10)22-23-24(20)3-16/h1-2,7-8,10-11,16-18,20H,3H2,(H3,12,14,19)/t7-,8?,10+,11+,24?/m0/s1. The van der Waals surface area contributed by atoms with Crippen molar-refractivity contribution in [2.24, 2.45) is 0 Å². The van der Waals surface area contributed by atoms with Crippen LogP contribution < -0.4 is 11.3 Å². The highest BCUT2D eigenvalue weighted by atomic mass is 31.2. The highest BCUT2D eigenvalue weighted by molar-refractivity contribution is 7.45. The number of pyridine rings is 1. The van der Waals surface area contributed by atoms with Crippen LogP contribution in [0.1, 0.15) is 6.23 Å². The van der Waals surface area contributed by atoms with Gasteiger partial charge in [-0.15, -0.1) is 0 Å². The number of H-pyrrole nitrogens is 1. The van der Waals surface area contributed by atoms with Gasteiger partial charge >= 0.3 is 0 Å². The molecule has 13 heteroatoms. The lowest BCUT2D eigenvalue weighted by atomic mass is 10.2. The van der Waals surface area contributed by atoms with E-state index in [1.54, 1.807) is 0 Å². The minimum Gasteiger partial charge on any atom is -0.387 e. The van der Waals surface area contributed by atoms with Crippen LogP contribution in [0.25, 0.3) is 11.0 Å². The third-order valence-electron chi connectivity index (χ3n) is 3.41. The summed E-state index contributed by atoms with van der Waals surface area (Å²) < 4.78 is 11.1. The summed E-state index contributed by atoms with van der Waals surface area (Å²) in [5.41, 5.74) is 5.45. The van der Waals surface area contributed by atoms with Gasteiger partial charge < -0.3 is 40.2 Å². The number of nitrogens with one attached hydrogen (secondary N) is 1. The Labute approximate surface area is 134 Å². The predicted octanol–water partition coefficient (Wildman–Crippen LogP) is -1.91. The monoisotopic (exact) mass is 362 g/mol. The van der Waals surface area contributed by atoms with Crippen LogP contribution in [0.4, 0.5) is 5.82 Å². The first-order chi connectivity index (χ1) is 11.4. The molecule has 7 N–H and O–H groups in total. The van der Waals surface area contributed by atoms with Gasteiger partial charge in [0.15, 0.2) is 11.7 Å². The van der Waals surface area contributed by atoms with Gasteiger partial charge in [-0.25, -0.2) is 4.98 Å². The summed E-state index contributed by atoms with van der Waals surface area (Å²) in [5.74, 6) is 0.0901. The number of imidazole rings is 1. The van der Waals surface area contributed by atoms with Crippen LogP contribution >= 0.6 is 8.38 Å². The molecule has 0 aromatic carbocycles. The number of aromatic nitrogens is 3. The lowest BCUT2D eigenvalue weighted by Gasteiger charge is -2.16. The van der Waals surface area contributed by atoms with E-state index in [1.807, 2.05) is 0 Å². The lowest BCUT2D eigenvalue weighted by molar-refractivity contribution is -0.332. The number of nitrogen functional groups attached to an aromatic ring is 1. The fourth-order valence-electron chi connectivity index (χ4n) is 2.32. The molecule has 0 spiro atoms. The number of aromatic amines is 1. The summed E-state index contributed by atoms with van der Waals surface area (Å²) >= 11 is 0. The summed E-state index contributed by atoms with van der Waals surface area (Å²) in [6, 6.07) is 1.43. The Hall–Kier alpha value is -1.63. The second-order valence-electron chi connectivity index (χ2n) is 4.98. The fourth-order valence-corrected chi connectivity index (χ4v) is 2.55. The Balaban J connectivity index is 1.86. The van der Waals surface area contributed by atoms with Crippen LogP contribution in [-0.2, 0) is 14.3 Å². The maximum atomic E-state index is 11.8. The molecule has 0 bridgehead atoms. The number of nitrogens with two attached hydrogens (primary N) is 1. The van der Waals surface area contributed by atoms with Gasteiger partial charge in [0.1, 0.15) is 24.4 Å². The summed E-state index contributed by atoms with van der Waals surface area (Å²) in [6.07, 6.45) is -4.93. The molecule has 12 nitrogen and oxygen atoms in total. The maximum Gasteiger partial charge on any atom is 0.277 e. The topological polar surface area (TPSA) is 185 Å². The fraction of sp³-hybridized carbons (Fsp3) is 0.455. The lowest BCUT2D eigenvalue weighted by Crippen LogP contribution is -2.32. The van der Waals surface area contributed by atoms with Crippen molar-refractivity contribution < 1.29 is 34.5 Å². The van der Waals surface area contributed by atoms with Crippen molar-refractivity contribution in [3.63, 3.8) is 0 Å². The number of aliphatic hydroxyl groups is 3. The summed E-state index contributed by atoms with van der Waals surface area (Å²) in [7, 11) is -2.24. The molecule has 0 aliphatic carbocycles. The number of ether oxygens (including phenoxy) is 1. The number of nitrogens with zero attached hydrogens (tertiary/aromatic N) is 2. The smallest absolute Gasteiger partial charge is 0.277 e. The Morgan fingerprint density at radius 3 is 2.92 bits per heavy atom. The molecule has 3 heterocycles. The van der Waals surface area contributed by atoms with E-state index in [0.29, 0.717) is 0 Å². The van der Waals surface area contributed by atoms with E-state index in [1.165, 1.54) is 17.0 Å². The second-order valence-corrected chi connectivity index (χ2v) is 6.12. The Morgan fingerprint density at radius 1 is 1.46 bits per heavy atom. The minimum atomic E-state index is -2.24. The van der Waals surface area contributed by atoms with Crippen LogP contribution in [0.15, 0.2) is 17.2 Å². The molecule has 2 aromatic rings. The third-order valence-corrected chi connectivity index (χ3v) is 3.91. The third kappa shape index (κ3) is 3.01. The highest BCUT2D eigenvalue weighted by Gasteiger charge is 2.46. The minimum absolute atomic E-state index is 0.0780. The van der Waals surface area contributed by atoms with E-state index in [9.17, 15) is 15.0 Å². The van der Waals surface area contributed by atoms with E-state index in [2.05, 4.69) is 19.5 Å². The van der Waals surface area contributed by atoms with Crippen LogP contribution in [0, 0.1) is 0 Å². The molecule has 24 heavy (non-hydrogen) atoms. The molecule has 1 aliphatic heterocycles. The molecule has 0 radical (unpaired) electrons. The van der Waals surface area contributed by atoms with Crippen molar-refractivity contribution in [2.45, 2.75) is 24.7 Å². The molecule has 1 saturated heterocycles. The largest absolute Gasteiger partial charge is 0.387 e. The van der Waals surface area contributed by atoms with E-state index in [-0.39, 0.29) is 16.9 Å². The first kappa shape index (κ1) is 17.2. The number of fused-ring (bicyclic) bond motifs is 1. The Bertz CT molecular complexity index is 781. The van der Waals surface area contributed by atoms with Gasteiger partial charge in [0.2, 0.25) is 14.7 Å². The van der Waals surface area contributed by atoms with Gasteiger partial charge in [0.05, 0.1) is 11.8 Å². The average molecular weight is 362 g/mol. The number of hydrogen-bond donors (Lipinski definition) is 6. The molecule has 1 fully saturated rings. The van der Waals surface area contributed by atoms with Crippen molar-refractivity contribution in [2.75, 3.05) is 12.1 Å². The molecule has 5 atom stereocenters. The van der Waals surface area contributed by atoms with Crippen LogP contribution in [0.3, 0.4) is 0 Å². The quantitative estimate of drug-likeness (QED) is 0.199. The second kappa shape index (κ2) is 6.70. The first-order valence-corrected chi connectivity index (χ1v) is 8.09. The van der Waals surface area contributed by atoms with Gasteiger partial charge in [-0.1, -0.05) is 0 Å². The van der Waals surface area contributed by atoms with Crippen molar-refractivity contribution in [1.29, 1.82) is 0 Å². The number of anilines is 1. The first-order valence-electron chi connectivity index (χ1n) is 6.70. The zero-order valence-corrected chi connectivity index (χ0v) is 12.9. The van der Waals surface area contributed by atoms with Crippen molar-refractivity contribution >= 4 is 25.2 Å². The van der Waals surface area contributed by atoms with Crippen molar-refractivity contribution in [3.05, 3.63) is 22.7 Å². The summed E-state index contributed by atoms with van der Waals surface area (Å²) in [6.45, 7) is 0. The Kier molecular flexibility index (Phi) is 4.80. The molecule has 1 aliphatic rings. The number of aliphatic hydroxyl groups excluding tert-OH is 3. The van der Waals surface area contributed by atoms with Crippen LogP contribution in [-0.4, -0.2) is 59.6 Å². The Morgan fingerprint density at radius 2 is 2.21 bits per heavy atom. The molecular weight excluding hydrogens is 347 g/mol. The molecule has 0 saturated carbocycles. The predicted molar refractivity (Wildman–Crippen MR) is 79.1 cm³/mol. The zero-order valence-electron chi connectivity index (χ0n) is 12.0. The van der Waals surface area contributed by atoms with E-state index >= 15 is 0 Å². The van der Waals surface area contributed by atoms with E-state index in [0.717, 1.165) is 0 Å². The van der Waals surface area contributed by atoms with Gasteiger partial charge in [0.25, 0.3) is 5.56 Å². The van der Waals surface area contributed by atoms with Crippen molar-refractivity contribution in [3.8, 4) is 0 Å². The SMILES string of the molecule is Nc1cc2c(ncn2[C@@H]2O[C@H](OOP(O)CO)C(O)[C@@H]2O)c(=O)[nH]1. The van der Waals surface area contributed by atoms with Crippen LogP contribution in [0.2, 0.25) is 0 Å². The van der Waals surface area contributed by atoms with E-state index < -0.39 is 45.0 Å². The number of hydrogen-bond acceptors (Lipinski definition) is 10. The van der Waals surface area contributed by atoms with Gasteiger partial charge in [-0.3, -0.25) is 4.79 Å². The molecule has 3 rings (SSSR count). The van der Waals surface area contributed by atoms with Gasteiger partial charge in [0, 0.05) is 6.07 Å². The number of rotatable bonds is 5. The van der Waals surface area contributed by atoms with Gasteiger partial charge in [-0.05, 0) is 0 Å². The van der Waals surface area contributed by atoms with E-state index in [4.69, 9.17) is 20.5 Å². The summed E-state index contributed by atoms with van der Waals surface area (Å²) in [5, 5.41) is 28.8. The van der Waals surface area contributed by atoms with Crippen LogP contribution in [0.5, 0.6) is 0 Å². The van der Waals surface area contributed by atoms with Gasteiger partial charge in [-0.2, -0.15) is 9.56 Å². The zero-order chi connectivity index (χ0) is 17.4. The average Bonchev–Trinajstić information content (AvgIpc) is 3.08. The maximum absolute atomic E-state index is 11.8. The summed E-state index contributed by atoms with van der Waals surface area (Å²) in [4.78, 5) is 31.9. The molecule has 2 unspecified atom stereocenters. The van der Waals surface area contributed by atoms with Crippen molar-refractivity contribution in [1.82, 2.24) is 14.5 Å².